The number of hydrogen-bond donors (Lipinski definition) is 1. The van der Waals surface area contributed by atoms with Gasteiger partial charge in [-0.1, -0.05) is 24.3 Å². The third-order valence-corrected chi connectivity index (χ3v) is 3.25. The summed E-state index contributed by atoms with van der Waals surface area (Å²) in [6, 6.07) is 13.9. The van der Waals surface area contributed by atoms with Gasteiger partial charge in [-0.15, -0.1) is 0 Å². The Morgan fingerprint density at radius 2 is 1.90 bits per heavy atom. The smallest absolute Gasteiger partial charge is 0.0998 e. The molecule has 1 unspecified atom stereocenters. The van der Waals surface area contributed by atoms with Crippen LogP contribution in [-0.2, 0) is 9.47 Å². The van der Waals surface area contributed by atoms with Crippen LogP contribution >= 0.6 is 0 Å². The molecule has 0 aromatic heterocycles. The Bertz CT molecular complexity index is 619. The fourth-order valence-corrected chi connectivity index (χ4v) is 2.17. The van der Waals surface area contributed by atoms with Gasteiger partial charge in [-0.3, -0.25) is 0 Å². The van der Waals surface area contributed by atoms with E-state index in [0.717, 1.165) is 16.5 Å². The summed E-state index contributed by atoms with van der Waals surface area (Å²) >= 11 is 0. The largest absolute Gasteiger partial charge is 0.382 e. The van der Waals surface area contributed by atoms with Gasteiger partial charge in [0.1, 0.15) is 0 Å². The van der Waals surface area contributed by atoms with Crippen LogP contribution in [0.5, 0.6) is 0 Å². The molecule has 104 valence electrons. The lowest BCUT2D eigenvalue weighted by Crippen LogP contribution is -2.26. The maximum Gasteiger partial charge on any atom is 0.0998 e. The molecule has 1 atom stereocenters. The second-order valence-corrected chi connectivity index (χ2v) is 4.51. The maximum atomic E-state index is 9.15. The normalized spacial score (nSPS) is 12.1. The Kier molecular flexibility index (Phi) is 4.94. The van der Waals surface area contributed by atoms with E-state index in [1.54, 1.807) is 14.2 Å². The van der Waals surface area contributed by atoms with Crippen LogP contribution in [0.3, 0.4) is 0 Å². The molecule has 0 saturated carbocycles. The van der Waals surface area contributed by atoms with E-state index in [9.17, 15) is 0 Å². The van der Waals surface area contributed by atoms with E-state index >= 15 is 0 Å². The van der Waals surface area contributed by atoms with Gasteiger partial charge >= 0.3 is 0 Å². The number of methoxy groups -OCH3 is 2. The van der Waals surface area contributed by atoms with Gasteiger partial charge < -0.3 is 14.8 Å². The Balaban J connectivity index is 2.25. The second kappa shape index (κ2) is 6.90. The third-order valence-electron chi connectivity index (χ3n) is 3.25. The molecule has 20 heavy (non-hydrogen) atoms. The number of hydrogen-bond acceptors (Lipinski definition) is 4. The Hall–Kier alpha value is -2.09. The first-order valence-corrected chi connectivity index (χ1v) is 6.47. The van der Waals surface area contributed by atoms with Crippen LogP contribution < -0.4 is 5.32 Å². The minimum Gasteiger partial charge on any atom is -0.382 e. The topological polar surface area (TPSA) is 54.3 Å². The molecular formula is C16H18N2O2. The van der Waals surface area contributed by atoms with E-state index in [4.69, 9.17) is 14.7 Å². The summed E-state index contributed by atoms with van der Waals surface area (Å²) in [7, 11) is 3.32. The van der Waals surface area contributed by atoms with E-state index in [0.29, 0.717) is 18.7 Å². The van der Waals surface area contributed by atoms with Crippen molar-refractivity contribution in [3.63, 3.8) is 0 Å². The van der Waals surface area contributed by atoms with E-state index in [1.807, 2.05) is 36.4 Å². The molecule has 0 spiro atoms. The molecule has 4 heteroatoms. The maximum absolute atomic E-state index is 9.15. The molecular weight excluding hydrogens is 252 g/mol. The summed E-state index contributed by atoms with van der Waals surface area (Å²) in [4.78, 5) is 0. The van der Waals surface area contributed by atoms with Crippen molar-refractivity contribution in [2.75, 3.05) is 32.7 Å². The lowest BCUT2D eigenvalue weighted by atomic mass is 10.0. The zero-order valence-corrected chi connectivity index (χ0v) is 11.7. The van der Waals surface area contributed by atoms with E-state index in [1.165, 1.54) is 0 Å². The number of benzene rings is 2. The summed E-state index contributed by atoms with van der Waals surface area (Å²) in [5.41, 5.74) is 1.68. The van der Waals surface area contributed by atoms with Gasteiger partial charge in [-0.05, 0) is 12.1 Å². The van der Waals surface area contributed by atoms with E-state index in [-0.39, 0.29) is 6.10 Å². The first-order valence-electron chi connectivity index (χ1n) is 6.47. The molecule has 0 saturated heterocycles. The average Bonchev–Trinajstić information content (AvgIpc) is 2.51. The van der Waals surface area contributed by atoms with Crippen molar-refractivity contribution in [1.29, 1.82) is 5.26 Å². The zero-order valence-electron chi connectivity index (χ0n) is 11.7. The van der Waals surface area contributed by atoms with Gasteiger partial charge in [0.2, 0.25) is 0 Å². The van der Waals surface area contributed by atoms with Crippen LogP contribution in [0.15, 0.2) is 36.4 Å². The van der Waals surface area contributed by atoms with Crippen molar-refractivity contribution < 1.29 is 9.47 Å². The average molecular weight is 270 g/mol. The first kappa shape index (κ1) is 14.3. The molecule has 0 amide bonds. The number of nitriles is 1. The van der Waals surface area contributed by atoms with Crippen molar-refractivity contribution >= 4 is 16.5 Å². The number of nitrogens with one attached hydrogen (secondary N) is 1. The van der Waals surface area contributed by atoms with Gasteiger partial charge in [0.05, 0.1) is 24.3 Å². The second-order valence-electron chi connectivity index (χ2n) is 4.51. The van der Waals surface area contributed by atoms with Gasteiger partial charge in [0, 0.05) is 37.2 Å². The molecule has 0 bridgehead atoms. The summed E-state index contributed by atoms with van der Waals surface area (Å²) in [6.07, 6.45) is -0.00518. The molecule has 2 aromatic carbocycles. The quantitative estimate of drug-likeness (QED) is 0.877. The Morgan fingerprint density at radius 3 is 2.55 bits per heavy atom. The van der Waals surface area contributed by atoms with E-state index in [2.05, 4.69) is 11.4 Å². The van der Waals surface area contributed by atoms with Crippen LogP contribution in [0.25, 0.3) is 10.8 Å². The predicted molar refractivity (Wildman–Crippen MR) is 79.8 cm³/mol. The van der Waals surface area contributed by atoms with Crippen molar-refractivity contribution in [1.82, 2.24) is 0 Å². The number of rotatable bonds is 6. The molecule has 2 aromatic rings. The number of anilines is 1. The lowest BCUT2D eigenvalue weighted by Gasteiger charge is -2.17. The summed E-state index contributed by atoms with van der Waals surface area (Å²) < 4.78 is 10.4. The number of nitrogens with zero attached hydrogens (tertiary/aromatic N) is 1. The minimum atomic E-state index is -0.00518. The van der Waals surface area contributed by atoms with Gasteiger partial charge in [0.25, 0.3) is 0 Å². The summed E-state index contributed by atoms with van der Waals surface area (Å²) in [5, 5.41) is 14.5. The van der Waals surface area contributed by atoms with Crippen LogP contribution in [-0.4, -0.2) is 33.5 Å². The highest BCUT2D eigenvalue weighted by Gasteiger charge is 2.09. The fourth-order valence-electron chi connectivity index (χ4n) is 2.17. The highest BCUT2D eigenvalue weighted by atomic mass is 16.5. The van der Waals surface area contributed by atoms with Crippen molar-refractivity contribution in [2.24, 2.45) is 0 Å². The van der Waals surface area contributed by atoms with Gasteiger partial charge in [-0.2, -0.15) is 5.26 Å². The Labute approximate surface area is 118 Å². The monoisotopic (exact) mass is 270 g/mol. The van der Waals surface area contributed by atoms with Crippen LogP contribution in [0, 0.1) is 11.3 Å². The van der Waals surface area contributed by atoms with Crippen molar-refractivity contribution in [3.8, 4) is 6.07 Å². The van der Waals surface area contributed by atoms with Gasteiger partial charge in [0.15, 0.2) is 0 Å². The summed E-state index contributed by atoms with van der Waals surface area (Å²) in [6.45, 7) is 1.19. The molecule has 0 aliphatic heterocycles. The highest BCUT2D eigenvalue weighted by Crippen LogP contribution is 2.26. The molecule has 0 aliphatic carbocycles. The summed E-state index contributed by atoms with van der Waals surface area (Å²) in [5.74, 6) is 0. The molecule has 0 heterocycles. The first-order chi connectivity index (χ1) is 9.80. The Morgan fingerprint density at radius 1 is 1.15 bits per heavy atom. The zero-order chi connectivity index (χ0) is 14.4. The standard InChI is InChI=1S/C16H18N2O2/c1-19-11-13(20-2)10-18-16-8-7-12(9-17)14-5-3-4-6-15(14)16/h3-8,13,18H,10-11H2,1-2H3. The van der Waals surface area contributed by atoms with Crippen molar-refractivity contribution in [2.45, 2.75) is 6.10 Å². The van der Waals surface area contributed by atoms with Gasteiger partial charge in [-0.25, -0.2) is 0 Å². The molecule has 1 N–H and O–H groups in total. The molecule has 2 rings (SSSR count). The highest BCUT2D eigenvalue weighted by molar-refractivity contribution is 5.97. The number of fused-ring (bicyclic) bond motifs is 1. The molecule has 0 aliphatic rings. The van der Waals surface area contributed by atoms with E-state index < -0.39 is 0 Å². The van der Waals surface area contributed by atoms with Crippen LogP contribution in [0.1, 0.15) is 5.56 Å². The van der Waals surface area contributed by atoms with Crippen LogP contribution in [0.2, 0.25) is 0 Å². The predicted octanol–water partition coefficient (Wildman–Crippen LogP) is 2.78. The lowest BCUT2D eigenvalue weighted by molar-refractivity contribution is 0.0366. The fraction of sp³-hybridized carbons (Fsp3) is 0.312. The molecule has 0 fully saturated rings. The number of ether oxygens (including phenoxy) is 2. The third kappa shape index (κ3) is 3.08. The van der Waals surface area contributed by atoms with Crippen LogP contribution in [0.4, 0.5) is 5.69 Å². The molecule has 0 radical (unpaired) electrons. The molecule has 4 nitrogen and oxygen atoms in total. The SMILES string of the molecule is COCC(CNc1ccc(C#N)c2ccccc12)OC. The minimum absolute atomic E-state index is 0.00518. The van der Waals surface area contributed by atoms with Crippen molar-refractivity contribution in [3.05, 3.63) is 42.0 Å².